The summed E-state index contributed by atoms with van der Waals surface area (Å²) in [7, 11) is -3.77. The number of anilines is 1. The van der Waals surface area contributed by atoms with E-state index < -0.39 is 25.3 Å². The van der Waals surface area contributed by atoms with Gasteiger partial charge >= 0.3 is 0 Å². The molecule has 1 aliphatic heterocycles. The van der Waals surface area contributed by atoms with Crippen LogP contribution in [0.2, 0.25) is 0 Å². The van der Waals surface area contributed by atoms with Crippen LogP contribution < -0.4 is 4.90 Å². The van der Waals surface area contributed by atoms with E-state index in [1.165, 1.54) is 6.07 Å². The number of fused-ring (bicyclic) bond motifs is 1. The maximum atomic E-state index is 12.9. The predicted molar refractivity (Wildman–Crippen MR) is 92.6 cm³/mol. The van der Waals surface area contributed by atoms with Crippen molar-refractivity contribution in [3.63, 3.8) is 0 Å². The minimum atomic E-state index is -3.77. The van der Waals surface area contributed by atoms with Crippen LogP contribution in [-0.2, 0) is 16.3 Å². The van der Waals surface area contributed by atoms with Crippen LogP contribution in [-0.4, -0.2) is 31.5 Å². The second-order valence-electron chi connectivity index (χ2n) is 6.07. The molecular weight excluding hydrogens is 344 g/mol. The number of carbonyl (C=O) groups is 1. The number of rotatable bonds is 3. The molecule has 0 aliphatic carbocycles. The van der Waals surface area contributed by atoms with E-state index in [2.05, 4.69) is 0 Å². The summed E-state index contributed by atoms with van der Waals surface area (Å²) in [6.07, 6.45) is 1.60. The normalized spacial score (nSPS) is 16.6. The molecule has 1 aliphatic rings. The van der Waals surface area contributed by atoms with E-state index >= 15 is 0 Å². The topological polar surface area (TPSA) is 97.6 Å². The molecule has 1 heterocycles. The third-order valence-electron chi connectivity index (χ3n) is 4.23. The molecule has 7 nitrogen and oxygen atoms in total. The molecule has 0 spiro atoms. The third-order valence-corrected chi connectivity index (χ3v) is 5.37. The Kier molecular flexibility index (Phi) is 4.08. The van der Waals surface area contributed by atoms with Crippen molar-refractivity contribution in [1.82, 2.24) is 0 Å². The summed E-state index contributed by atoms with van der Waals surface area (Å²) in [4.78, 5) is 24.6. The zero-order valence-corrected chi connectivity index (χ0v) is 14.5. The highest BCUT2D eigenvalue weighted by Crippen LogP contribution is 2.34. The Morgan fingerprint density at radius 3 is 2.56 bits per heavy atom. The molecule has 2 aromatic carbocycles. The first-order valence-corrected chi connectivity index (χ1v) is 9.49. The van der Waals surface area contributed by atoms with E-state index in [0.29, 0.717) is 6.42 Å². The van der Waals surface area contributed by atoms with E-state index in [4.69, 9.17) is 0 Å². The fourth-order valence-corrected chi connectivity index (χ4v) is 3.95. The number of nitro groups is 1. The summed E-state index contributed by atoms with van der Waals surface area (Å²) in [5, 5.41) is 11.2. The van der Waals surface area contributed by atoms with Crippen LogP contribution in [0.3, 0.4) is 0 Å². The molecule has 0 fully saturated rings. The first-order chi connectivity index (χ1) is 11.7. The fourth-order valence-electron chi connectivity index (χ4n) is 3.12. The van der Waals surface area contributed by atoms with E-state index in [1.54, 1.807) is 4.90 Å². The number of hydrogen-bond acceptors (Lipinski definition) is 5. The van der Waals surface area contributed by atoms with Gasteiger partial charge in [-0.15, -0.1) is 0 Å². The minimum absolute atomic E-state index is 0.0847. The second kappa shape index (κ2) is 5.96. The van der Waals surface area contributed by atoms with Gasteiger partial charge in [0.15, 0.2) is 9.84 Å². The average molecular weight is 360 g/mol. The van der Waals surface area contributed by atoms with Gasteiger partial charge in [-0.1, -0.05) is 18.2 Å². The summed E-state index contributed by atoms with van der Waals surface area (Å²) in [6.45, 7) is 1.90. The molecule has 8 heteroatoms. The van der Waals surface area contributed by atoms with Gasteiger partial charge in [0.2, 0.25) is 0 Å². The summed E-state index contributed by atoms with van der Waals surface area (Å²) in [6, 6.07) is 10.9. The molecule has 0 aromatic heterocycles. The summed E-state index contributed by atoms with van der Waals surface area (Å²) in [5.41, 5.74) is 1.30. The zero-order chi connectivity index (χ0) is 18.4. The van der Waals surface area contributed by atoms with Gasteiger partial charge in [0.1, 0.15) is 4.90 Å². The number of nitro benzene ring substituents is 1. The molecule has 0 N–H and O–H groups in total. The Morgan fingerprint density at radius 2 is 1.92 bits per heavy atom. The van der Waals surface area contributed by atoms with E-state index in [1.807, 2.05) is 31.2 Å². The molecule has 0 saturated heterocycles. The van der Waals surface area contributed by atoms with Crippen molar-refractivity contribution in [2.24, 2.45) is 0 Å². The van der Waals surface area contributed by atoms with E-state index in [9.17, 15) is 23.3 Å². The van der Waals surface area contributed by atoms with E-state index in [-0.39, 0.29) is 17.5 Å². The Labute approximate surface area is 145 Å². The summed E-state index contributed by atoms with van der Waals surface area (Å²) in [5.74, 6) is -0.388. The van der Waals surface area contributed by atoms with Crippen LogP contribution >= 0.6 is 0 Å². The van der Waals surface area contributed by atoms with Crippen LogP contribution in [0.4, 0.5) is 11.4 Å². The lowest BCUT2D eigenvalue weighted by Gasteiger charge is -2.22. The van der Waals surface area contributed by atoms with Gasteiger partial charge in [-0.2, -0.15) is 0 Å². The van der Waals surface area contributed by atoms with Crippen molar-refractivity contribution in [3.05, 3.63) is 63.7 Å². The quantitative estimate of drug-likeness (QED) is 0.619. The third kappa shape index (κ3) is 3.00. The highest BCUT2D eigenvalue weighted by atomic mass is 32.2. The summed E-state index contributed by atoms with van der Waals surface area (Å²) < 4.78 is 23.4. The van der Waals surface area contributed by atoms with Crippen LogP contribution in [0.5, 0.6) is 0 Å². The summed E-state index contributed by atoms with van der Waals surface area (Å²) >= 11 is 0. The minimum Gasteiger partial charge on any atom is -0.305 e. The molecular formula is C17H16N2O5S. The van der Waals surface area contributed by atoms with E-state index in [0.717, 1.165) is 29.6 Å². The molecule has 3 rings (SSSR count). The van der Waals surface area contributed by atoms with Crippen molar-refractivity contribution >= 4 is 27.1 Å². The van der Waals surface area contributed by atoms with Crippen LogP contribution in [0.1, 0.15) is 22.8 Å². The van der Waals surface area contributed by atoms with Gasteiger partial charge in [0.25, 0.3) is 11.6 Å². The van der Waals surface area contributed by atoms with Gasteiger partial charge in [-0.3, -0.25) is 14.9 Å². The molecule has 0 bridgehead atoms. The molecule has 130 valence electrons. The lowest BCUT2D eigenvalue weighted by atomic mass is 10.1. The highest BCUT2D eigenvalue weighted by molar-refractivity contribution is 7.90. The highest BCUT2D eigenvalue weighted by Gasteiger charge is 2.32. The van der Waals surface area contributed by atoms with Crippen molar-refractivity contribution in [2.45, 2.75) is 24.3 Å². The van der Waals surface area contributed by atoms with Gasteiger partial charge in [-0.05, 0) is 37.1 Å². The lowest BCUT2D eigenvalue weighted by molar-refractivity contribution is -0.387. The fraction of sp³-hybridized carbons (Fsp3) is 0.235. The maximum absolute atomic E-state index is 12.9. The molecule has 1 unspecified atom stereocenters. The molecule has 2 aromatic rings. The maximum Gasteiger partial charge on any atom is 0.288 e. The number of hydrogen-bond donors (Lipinski definition) is 0. The van der Waals surface area contributed by atoms with Crippen molar-refractivity contribution < 1.29 is 18.1 Å². The van der Waals surface area contributed by atoms with Gasteiger partial charge < -0.3 is 4.90 Å². The molecule has 0 saturated carbocycles. The molecule has 0 radical (unpaired) electrons. The monoisotopic (exact) mass is 360 g/mol. The van der Waals surface area contributed by atoms with Gasteiger partial charge in [0.05, 0.1) is 4.92 Å². The van der Waals surface area contributed by atoms with Crippen molar-refractivity contribution in [1.29, 1.82) is 0 Å². The Morgan fingerprint density at radius 1 is 1.24 bits per heavy atom. The molecule has 1 amide bonds. The number of amides is 1. The number of carbonyl (C=O) groups excluding carboxylic acids is 1. The number of para-hydroxylation sites is 1. The Bertz CT molecular complexity index is 984. The largest absolute Gasteiger partial charge is 0.305 e. The predicted octanol–water partition coefficient (Wildman–Crippen LogP) is 2.59. The second-order valence-corrected chi connectivity index (χ2v) is 8.05. The van der Waals surface area contributed by atoms with Crippen LogP contribution in [0.15, 0.2) is 47.4 Å². The Hall–Kier alpha value is -2.74. The Balaban J connectivity index is 2.07. The van der Waals surface area contributed by atoms with Crippen LogP contribution in [0.25, 0.3) is 0 Å². The first-order valence-electron chi connectivity index (χ1n) is 7.60. The van der Waals surface area contributed by atoms with Crippen molar-refractivity contribution in [3.8, 4) is 0 Å². The zero-order valence-electron chi connectivity index (χ0n) is 13.7. The lowest BCUT2D eigenvalue weighted by Crippen LogP contribution is -2.35. The smallest absolute Gasteiger partial charge is 0.288 e. The number of benzene rings is 2. The number of sulfone groups is 1. The van der Waals surface area contributed by atoms with Crippen molar-refractivity contribution in [2.75, 3.05) is 11.2 Å². The SMILES string of the molecule is CC1Cc2ccccc2N1C(=O)c1ccc(S(C)(=O)=O)c([N+](=O)[O-])c1. The first kappa shape index (κ1) is 17.1. The van der Waals surface area contributed by atoms with Gasteiger partial charge in [-0.25, -0.2) is 8.42 Å². The average Bonchev–Trinajstić information content (AvgIpc) is 2.88. The van der Waals surface area contributed by atoms with Crippen LogP contribution in [0, 0.1) is 10.1 Å². The molecule has 25 heavy (non-hydrogen) atoms. The molecule has 1 atom stereocenters. The number of nitrogens with zero attached hydrogens (tertiary/aromatic N) is 2. The van der Waals surface area contributed by atoms with Gasteiger partial charge in [0, 0.05) is 29.6 Å². The standard InChI is InChI=1S/C17H16N2O5S/c1-11-9-12-5-3-4-6-14(12)18(11)17(20)13-7-8-16(25(2,23)24)15(10-13)19(21)22/h3-8,10-11H,9H2,1-2H3.